The van der Waals surface area contributed by atoms with Crippen molar-refractivity contribution in [3.05, 3.63) is 34.9 Å². The van der Waals surface area contributed by atoms with Crippen LogP contribution in [0.5, 0.6) is 0 Å². The molecule has 0 saturated heterocycles. The van der Waals surface area contributed by atoms with Crippen molar-refractivity contribution in [2.24, 2.45) is 11.7 Å². The molecule has 0 radical (unpaired) electrons. The molecule has 0 spiro atoms. The molecule has 130 valence electrons. The Kier molecular flexibility index (Phi) is 8.49. The summed E-state index contributed by atoms with van der Waals surface area (Å²) < 4.78 is 0. The van der Waals surface area contributed by atoms with E-state index >= 15 is 0 Å². The number of nitrogens with two attached hydrogens (primary N) is 1. The Morgan fingerprint density at radius 3 is 2.91 bits per heavy atom. The molecular formula is C20H33NOS. The third-order valence-corrected chi connectivity index (χ3v) is 6.38. The Labute approximate surface area is 146 Å². The van der Waals surface area contributed by atoms with Gasteiger partial charge in [-0.25, -0.2) is 0 Å². The summed E-state index contributed by atoms with van der Waals surface area (Å²) in [4.78, 5) is 0. The maximum atomic E-state index is 8.95. The summed E-state index contributed by atoms with van der Waals surface area (Å²) in [5.41, 5.74) is 10.5. The van der Waals surface area contributed by atoms with E-state index in [1.54, 1.807) is 11.1 Å². The summed E-state index contributed by atoms with van der Waals surface area (Å²) in [5, 5.41) is 8.95. The third kappa shape index (κ3) is 5.81. The predicted molar refractivity (Wildman–Crippen MR) is 102 cm³/mol. The Bertz CT molecular complexity index is 463. The smallest absolute Gasteiger partial charge is 0.0431 e. The van der Waals surface area contributed by atoms with E-state index in [9.17, 15) is 0 Å². The summed E-state index contributed by atoms with van der Waals surface area (Å²) in [7, 11) is 0. The van der Waals surface area contributed by atoms with Crippen molar-refractivity contribution in [3.63, 3.8) is 0 Å². The van der Waals surface area contributed by atoms with Gasteiger partial charge in [0.15, 0.2) is 0 Å². The molecule has 1 aromatic rings. The summed E-state index contributed by atoms with van der Waals surface area (Å²) in [5.74, 6) is 3.93. The van der Waals surface area contributed by atoms with E-state index in [1.165, 1.54) is 42.8 Å². The fourth-order valence-electron chi connectivity index (χ4n) is 3.56. The Hall–Kier alpha value is -0.510. The van der Waals surface area contributed by atoms with E-state index in [0.717, 1.165) is 25.2 Å². The molecule has 0 amide bonds. The molecule has 0 aromatic heterocycles. The first-order chi connectivity index (χ1) is 11.3. The number of thioether (sulfide) groups is 1. The lowest BCUT2D eigenvalue weighted by Crippen LogP contribution is -2.18. The highest BCUT2D eigenvalue weighted by Gasteiger charge is 2.20. The molecule has 1 aliphatic rings. The summed E-state index contributed by atoms with van der Waals surface area (Å²) in [6.07, 6.45) is 8.15. The van der Waals surface area contributed by atoms with Crippen LogP contribution in [0.2, 0.25) is 0 Å². The number of rotatable bonds is 10. The summed E-state index contributed by atoms with van der Waals surface area (Å²) in [6.45, 7) is 3.26. The molecule has 0 bridgehead atoms. The van der Waals surface area contributed by atoms with Gasteiger partial charge in [0.05, 0.1) is 0 Å². The number of unbranched alkanes of at least 4 members (excludes halogenated alkanes) is 1. The van der Waals surface area contributed by atoms with Crippen molar-refractivity contribution in [1.29, 1.82) is 0 Å². The molecule has 0 aliphatic heterocycles. The van der Waals surface area contributed by atoms with Crippen LogP contribution in [-0.4, -0.2) is 29.8 Å². The maximum Gasteiger partial charge on any atom is 0.0431 e. The van der Waals surface area contributed by atoms with Crippen LogP contribution in [0, 0.1) is 5.92 Å². The quantitative estimate of drug-likeness (QED) is 0.632. The van der Waals surface area contributed by atoms with Crippen LogP contribution in [0.25, 0.3) is 0 Å². The number of aliphatic hydroxyl groups is 1. The predicted octanol–water partition coefficient (Wildman–Crippen LogP) is 4.14. The second-order valence-electron chi connectivity index (χ2n) is 6.86. The van der Waals surface area contributed by atoms with Crippen LogP contribution in [0.1, 0.15) is 61.6 Å². The van der Waals surface area contributed by atoms with Gasteiger partial charge in [0, 0.05) is 6.61 Å². The molecular weight excluding hydrogens is 302 g/mol. The third-order valence-electron chi connectivity index (χ3n) is 4.98. The van der Waals surface area contributed by atoms with Gasteiger partial charge in [-0.3, -0.25) is 0 Å². The van der Waals surface area contributed by atoms with Crippen LogP contribution >= 0.6 is 11.8 Å². The van der Waals surface area contributed by atoms with Crippen molar-refractivity contribution in [1.82, 2.24) is 0 Å². The van der Waals surface area contributed by atoms with E-state index in [1.807, 2.05) is 0 Å². The fourth-order valence-corrected chi connectivity index (χ4v) is 4.64. The van der Waals surface area contributed by atoms with Crippen LogP contribution in [0.4, 0.5) is 0 Å². The normalized spacial score (nSPS) is 18.7. The molecule has 0 saturated carbocycles. The highest BCUT2D eigenvalue weighted by Crippen LogP contribution is 2.31. The van der Waals surface area contributed by atoms with Gasteiger partial charge < -0.3 is 10.8 Å². The van der Waals surface area contributed by atoms with Crippen molar-refractivity contribution < 1.29 is 5.11 Å². The second-order valence-corrected chi connectivity index (χ2v) is 8.01. The number of hydrogen-bond acceptors (Lipinski definition) is 3. The van der Waals surface area contributed by atoms with Crippen LogP contribution < -0.4 is 5.73 Å². The summed E-state index contributed by atoms with van der Waals surface area (Å²) in [6, 6.07) is 7.08. The molecule has 0 heterocycles. The van der Waals surface area contributed by atoms with Crippen LogP contribution in [0.15, 0.2) is 18.2 Å². The van der Waals surface area contributed by atoms with E-state index < -0.39 is 0 Å². The number of fused-ring (bicyclic) bond motifs is 1. The first kappa shape index (κ1) is 18.8. The van der Waals surface area contributed by atoms with E-state index in [4.69, 9.17) is 10.8 Å². The molecule has 1 aliphatic carbocycles. The number of hydrogen-bond donors (Lipinski definition) is 2. The number of aliphatic hydroxyl groups excluding tert-OH is 1. The zero-order chi connectivity index (χ0) is 16.5. The van der Waals surface area contributed by atoms with Crippen molar-refractivity contribution in [2.75, 3.05) is 24.7 Å². The Morgan fingerprint density at radius 1 is 1.30 bits per heavy atom. The molecule has 0 fully saturated rings. The monoisotopic (exact) mass is 335 g/mol. The van der Waals surface area contributed by atoms with E-state index in [-0.39, 0.29) is 0 Å². The average Bonchev–Trinajstić information content (AvgIpc) is 2.59. The molecule has 0 unspecified atom stereocenters. The Balaban J connectivity index is 1.94. The molecule has 1 aromatic carbocycles. The SMILES string of the molecule is CCCSC[C@H]1CCc2cc([C@H](CN)CCCCO)ccc2C1. The largest absolute Gasteiger partial charge is 0.396 e. The van der Waals surface area contributed by atoms with Gasteiger partial charge in [0.1, 0.15) is 0 Å². The van der Waals surface area contributed by atoms with Gasteiger partial charge in [0.25, 0.3) is 0 Å². The molecule has 2 rings (SSSR count). The van der Waals surface area contributed by atoms with Gasteiger partial charge in [-0.05, 0) is 85.1 Å². The van der Waals surface area contributed by atoms with E-state index in [0.29, 0.717) is 19.1 Å². The molecule has 23 heavy (non-hydrogen) atoms. The van der Waals surface area contributed by atoms with Gasteiger partial charge in [-0.1, -0.05) is 31.5 Å². The van der Waals surface area contributed by atoms with Crippen LogP contribution in [-0.2, 0) is 12.8 Å². The lowest BCUT2D eigenvalue weighted by molar-refractivity contribution is 0.281. The standard InChI is InChI=1S/C20H33NOS/c1-2-11-23-15-16-6-7-18-13-19(9-8-17(18)12-16)20(14-21)5-3-4-10-22/h8-9,13,16,20,22H,2-7,10-12,14-15,21H2,1H3/t16-,20-/m0/s1. The zero-order valence-electron chi connectivity index (χ0n) is 14.6. The lowest BCUT2D eigenvalue weighted by atomic mass is 9.82. The number of aryl methyl sites for hydroxylation is 1. The molecule has 3 heteroatoms. The van der Waals surface area contributed by atoms with Crippen molar-refractivity contribution in [3.8, 4) is 0 Å². The fraction of sp³-hybridized carbons (Fsp3) is 0.700. The minimum absolute atomic E-state index is 0.291. The molecule has 2 atom stereocenters. The Morgan fingerprint density at radius 2 is 2.17 bits per heavy atom. The lowest BCUT2D eigenvalue weighted by Gasteiger charge is -2.26. The number of benzene rings is 1. The first-order valence-electron chi connectivity index (χ1n) is 9.28. The van der Waals surface area contributed by atoms with Crippen LogP contribution in [0.3, 0.4) is 0 Å². The maximum absolute atomic E-state index is 8.95. The minimum atomic E-state index is 0.291. The van der Waals surface area contributed by atoms with Gasteiger partial charge in [-0.15, -0.1) is 0 Å². The van der Waals surface area contributed by atoms with Gasteiger partial charge in [-0.2, -0.15) is 11.8 Å². The highest BCUT2D eigenvalue weighted by atomic mass is 32.2. The van der Waals surface area contributed by atoms with Crippen molar-refractivity contribution in [2.45, 2.75) is 57.8 Å². The van der Waals surface area contributed by atoms with Gasteiger partial charge in [0.2, 0.25) is 0 Å². The topological polar surface area (TPSA) is 46.2 Å². The minimum Gasteiger partial charge on any atom is -0.396 e. The zero-order valence-corrected chi connectivity index (χ0v) is 15.4. The summed E-state index contributed by atoms with van der Waals surface area (Å²) >= 11 is 2.12. The molecule has 2 nitrogen and oxygen atoms in total. The molecule has 3 N–H and O–H groups in total. The van der Waals surface area contributed by atoms with Gasteiger partial charge >= 0.3 is 0 Å². The van der Waals surface area contributed by atoms with E-state index in [2.05, 4.69) is 36.9 Å². The second kappa shape index (κ2) is 10.4. The first-order valence-corrected chi connectivity index (χ1v) is 10.4. The highest BCUT2D eigenvalue weighted by molar-refractivity contribution is 7.99. The van der Waals surface area contributed by atoms with Crippen molar-refractivity contribution >= 4 is 11.8 Å². The average molecular weight is 336 g/mol.